The molecule has 2 aromatic rings. The highest BCUT2D eigenvalue weighted by molar-refractivity contribution is 6.32. The second-order valence-electron chi connectivity index (χ2n) is 4.95. The van der Waals surface area contributed by atoms with Gasteiger partial charge in [-0.2, -0.15) is 0 Å². The summed E-state index contributed by atoms with van der Waals surface area (Å²) in [6.07, 6.45) is 1.96. The molecule has 1 aliphatic rings. The van der Waals surface area contributed by atoms with Crippen LogP contribution in [0.25, 0.3) is 10.9 Å². The molecule has 1 heterocycles. The zero-order valence-electron chi connectivity index (χ0n) is 10.7. The molecule has 6 heteroatoms. The van der Waals surface area contributed by atoms with Crippen molar-refractivity contribution in [1.82, 2.24) is 4.57 Å². The van der Waals surface area contributed by atoms with Crippen LogP contribution in [-0.4, -0.2) is 15.8 Å². The molecule has 1 aromatic heterocycles. The Morgan fingerprint density at radius 2 is 2.15 bits per heavy atom. The summed E-state index contributed by atoms with van der Waals surface area (Å²) < 4.78 is 6.47. The van der Waals surface area contributed by atoms with Crippen molar-refractivity contribution >= 4 is 28.7 Å². The fourth-order valence-electron chi connectivity index (χ4n) is 2.28. The average molecular weight is 294 g/mol. The van der Waals surface area contributed by atoms with Gasteiger partial charge in [0, 0.05) is 16.5 Å². The van der Waals surface area contributed by atoms with E-state index in [-0.39, 0.29) is 11.8 Å². The van der Waals surface area contributed by atoms with Crippen molar-refractivity contribution in [1.29, 1.82) is 0 Å². The van der Waals surface area contributed by atoms with Crippen LogP contribution in [0, 0.1) is 6.92 Å². The number of nitrogens with zero attached hydrogens (tertiary/aromatic N) is 1. The highest BCUT2D eigenvalue weighted by Gasteiger charge is 2.26. The number of pyridine rings is 1. The van der Waals surface area contributed by atoms with Gasteiger partial charge in [-0.05, 0) is 37.5 Å². The van der Waals surface area contributed by atoms with Crippen LogP contribution < -0.4 is 10.2 Å². The molecule has 0 saturated heterocycles. The van der Waals surface area contributed by atoms with Crippen LogP contribution in [0.4, 0.5) is 4.79 Å². The highest BCUT2D eigenvalue weighted by Crippen LogP contribution is 2.38. The fourth-order valence-corrected chi connectivity index (χ4v) is 2.43. The predicted octanol–water partition coefficient (Wildman–Crippen LogP) is 3.36. The van der Waals surface area contributed by atoms with Gasteiger partial charge in [0.2, 0.25) is 5.43 Å². The number of carbonyl (C=O) groups is 1. The lowest BCUT2D eigenvalue weighted by molar-refractivity contribution is 0.143. The molecule has 0 aliphatic heterocycles. The van der Waals surface area contributed by atoms with E-state index in [0.29, 0.717) is 15.9 Å². The highest BCUT2D eigenvalue weighted by atomic mass is 35.5. The number of aryl methyl sites for hydroxylation is 1. The third-order valence-electron chi connectivity index (χ3n) is 3.42. The first-order valence-corrected chi connectivity index (χ1v) is 6.61. The minimum atomic E-state index is -1.49. The largest absolute Gasteiger partial charge is 0.511 e. The number of ether oxygens (including phenoxy) is 1. The van der Waals surface area contributed by atoms with Crippen molar-refractivity contribution in [3.8, 4) is 5.75 Å². The van der Waals surface area contributed by atoms with Crippen LogP contribution in [0.15, 0.2) is 23.1 Å². The molecule has 1 N–H and O–H groups in total. The molecule has 0 atom stereocenters. The summed E-state index contributed by atoms with van der Waals surface area (Å²) in [4.78, 5) is 23.0. The molecule has 0 bridgehead atoms. The Kier molecular flexibility index (Phi) is 2.94. The van der Waals surface area contributed by atoms with Crippen molar-refractivity contribution in [3.63, 3.8) is 0 Å². The van der Waals surface area contributed by atoms with E-state index >= 15 is 0 Å². The number of aromatic nitrogens is 1. The van der Waals surface area contributed by atoms with Crippen LogP contribution in [-0.2, 0) is 0 Å². The van der Waals surface area contributed by atoms with Crippen molar-refractivity contribution in [3.05, 3.63) is 39.1 Å². The summed E-state index contributed by atoms with van der Waals surface area (Å²) in [7, 11) is 0. The molecule has 20 heavy (non-hydrogen) atoms. The molecule has 0 spiro atoms. The van der Waals surface area contributed by atoms with E-state index in [2.05, 4.69) is 4.74 Å². The number of hydrogen-bond donors (Lipinski definition) is 1. The quantitative estimate of drug-likeness (QED) is 0.862. The number of fused-ring (bicyclic) bond motifs is 1. The van der Waals surface area contributed by atoms with Crippen molar-refractivity contribution in [2.24, 2.45) is 0 Å². The van der Waals surface area contributed by atoms with Crippen LogP contribution in [0.2, 0.25) is 5.02 Å². The molecule has 3 rings (SSSR count). The summed E-state index contributed by atoms with van der Waals surface area (Å²) in [5.41, 5.74) is 1.05. The average Bonchev–Trinajstić information content (AvgIpc) is 3.19. The molecule has 5 nitrogen and oxygen atoms in total. The Bertz CT molecular complexity index is 777. The molecular weight excluding hydrogens is 282 g/mol. The van der Waals surface area contributed by atoms with E-state index in [4.69, 9.17) is 16.7 Å². The molecule has 1 aromatic carbocycles. The summed E-state index contributed by atoms with van der Waals surface area (Å²) in [6, 6.07) is 3.69. The lowest BCUT2D eigenvalue weighted by atomic mass is 10.1. The summed E-state index contributed by atoms with van der Waals surface area (Å²) in [5, 5.41) is 9.73. The van der Waals surface area contributed by atoms with E-state index in [9.17, 15) is 9.59 Å². The molecule has 0 radical (unpaired) electrons. The van der Waals surface area contributed by atoms with Gasteiger partial charge in [-0.1, -0.05) is 11.6 Å². The van der Waals surface area contributed by atoms with Crippen LogP contribution in [0.1, 0.15) is 24.4 Å². The summed E-state index contributed by atoms with van der Waals surface area (Å²) in [6.45, 7) is 1.80. The van der Waals surface area contributed by atoms with Gasteiger partial charge in [-0.3, -0.25) is 4.79 Å². The molecule has 1 aliphatic carbocycles. The number of benzene rings is 1. The van der Waals surface area contributed by atoms with Gasteiger partial charge in [0.1, 0.15) is 0 Å². The zero-order chi connectivity index (χ0) is 14.4. The van der Waals surface area contributed by atoms with Crippen LogP contribution in [0.3, 0.4) is 0 Å². The Balaban J connectivity index is 2.33. The number of halogens is 1. The van der Waals surface area contributed by atoms with Crippen molar-refractivity contribution < 1.29 is 14.6 Å². The topological polar surface area (TPSA) is 68.5 Å². The van der Waals surface area contributed by atoms with Crippen molar-refractivity contribution in [2.75, 3.05) is 0 Å². The Morgan fingerprint density at radius 1 is 1.45 bits per heavy atom. The maximum absolute atomic E-state index is 12.3. The Labute approximate surface area is 119 Å². The molecule has 0 unspecified atom stereocenters. The van der Waals surface area contributed by atoms with Gasteiger partial charge in [0.25, 0.3) is 0 Å². The van der Waals surface area contributed by atoms with E-state index in [1.165, 1.54) is 6.20 Å². The molecule has 104 valence electrons. The molecule has 0 amide bonds. The van der Waals surface area contributed by atoms with Gasteiger partial charge in [0.15, 0.2) is 5.75 Å². The normalized spacial score (nSPS) is 14.5. The smallest absolute Gasteiger partial charge is 0.449 e. The van der Waals surface area contributed by atoms with E-state index in [1.54, 1.807) is 19.1 Å². The molecular formula is C14H12ClNO4. The van der Waals surface area contributed by atoms with Gasteiger partial charge >= 0.3 is 6.16 Å². The number of carboxylic acid groups (broad SMARTS) is 1. The number of rotatable bonds is 2. The fraction of sp³-hybridized carbons (Fsp3) is 0.286. The van der Waals surface area contributed by atoms with E-state index in [0.717, 1.165) is 18.4 Å². The minimum absolute atomic E-state index is 0.168. The van der Waals surface area contributed by atoms with E-state index < -0.39 is 11.6 Å². The van der Waals surface area contributed by atoms with E-state index in [1.807, 2.05) is 4.57 Å². The first kappa shape index (κ1) is 13.0. The number of hydrogen-bond acceptors (Lipinski definition) is 3. The van der Waals surface area contributed by atoms with Crippen LogP contribution >= 0.6 is 11.6 Å². The van der Waals surface area contributed by atoms with Gasteiger partial charge < -0.3 is 14.4 Å². The van der Waals surface area contributed by atoms with Crippen molar-refractivity contribution in [2.45, 2.75) is 25.8 Å². The maximum Gasteiger partial charge on any atom is 0.511 e. The van der Waals surface area contributed by atoms with Gasteiger partial charge in [-0.25, -0.2) is 4.79 Å². The predicted molar refractivity (Wildman–Crippen MR) is 74.9 cm³/mol. The lowest BCUT2D eigenvalue weighted by Crippen LogP contribution is -2.16. The first-order chi connectivity index (χ1) is 9.47. The third kappa shape index (κ3) is 2.14. The lowest BCUT2D eigenvalue weighted by Gasteiger charge is -2.13. The SMILES string of the molecule is Cc1cc2c(=O)c(OC(=O)O)cn(C3CC3)c2cc1Cl. The van der Waals surface area contributed by atoms with Crippen LogP contribution in [0.5, 0.6) is 5.75 Å². The summed E-state index contributed by atoms with van der Waals surface area (Å²) in [5.74, 6) is -0.168. The summed E-state index contributed by atoms with van der Waals surface area (Å²) >= 11 is 6.12. The second-order valence-corrected chi connectivity index (χ2v) is 5.35. The molecule has 1 fully saturated rings. The zero-order valence-corrected chi connectivity index (χ0v) is 11.5. The first-order valence-electron chi connectivity index (χ1n) is 6.23. The van der Waals surface area contributed by atoms with Gasteiger partial charge in [-0.15, -0.1) is 0 Å². The maximum atomic E-state index is 12.3. The third-order valence-corrected chi connectivity index (χ3v) is 3.82. The standard InChI is InChI=1S/C14H12ClNO4/c1-7-4-9-11(5-10(7)15)16(8-2-3-8)6-12(13(9)17)20-14(18)19/h4-6,8H,2-3H2,1H3,(H,18,19). The second kappa shape index (κ2) is 4.52. The monoisotopic (exact) mass is 293 g/mol. The van der Waals surface area contributed by atoms with Gasteiger partial charge in [0.05, 0.1) is 11.7 Å². The Hall–Kier alpha value is -2.01. The Morgan fingerprint density at radius 3 is 2.75 bits per heavy atom. The molecule has 1 saturated carbocycles. The minimum Gasteiger partial charge on any atom is -0.449 e.